The van der Waals surface area contributed by atoms with Gasteiger partial charge in [0, 0.05) is 14.1 Å². The van der Waals surface area contributed by atoms with Gasteiger partial charge in [0.25, 0.3) is 5.91 Å². The summed E-state index contributed by atoms with van der Waals surface area (Å²) < 4.78 is 9.85. The van der Waals surface area contributed by atoms with Crippen molar-refractivity contribution in [2.24, 2.45) is 0 Å². The third-order valence-electron chi connectivity index (χ3n) is 2.42. The van der Waals surface area contributed by atoms with Gasteiger partial charge in [-0.25, -0.2) is 0 Å². The Labute approximate surface area is 115 Å². The summed E-state index contributed by atoms with van der Waals surface area (Å²) in [4.78, 5) is 25.9. The van der Waals surface area contributed by atoms with Gasteiger partial charge in [-0.05, 0) is 6.07 Å². The van der Waals surface area contributed by atoms with E-state index in [2.05, 4.69) is 20.3 Å². The summed E-state index contributed by atoms with van der Waals surface area (Å²) in [6.07, 6.45) is 2.81. The van der Waals surface area contributed by atoms with Gasteiger partial charge in [0.2, 0.25) is 5.95 Å². The fraction of sp³-hybridized carbons (Fsp3) is 0.333. The lowest BCUT2D eigenvalue weighted by molar-refractivity contribution is 0.0949. The first-order valence-corrected chi connectivity index (χ1v) is 5.87. The number of aromatic nitrogens is 3. The molecule has 1 amide bonds. The Morgan fingerprint density at radius 2 is 2.20 bits per heavy atom. The van der Waals surface area contributed by atoms with Crippen LogP contribution in [0.2, 0.25) is 0 Å². The molecule has 106 valence electrons. The summed E-state index contributed by atoms with van der Waals surface area (Å²) in [5.74, 6) is 0.617. The predicted molar refractivity (Wildman–Crippen MR) is 70.6 cm³/mol. The molecule has 0 aromatic carbocycles. The molecule has 0 spiro atoms. The summed E-state index contributed by atoms with van der Waals surface area (Å²) in [5.41, 5.74) is 0.443. The van der Waals surface area contributed by atoms with E-state index in [9.17, 15) is 4.79 Å². The van der Waals surface area contributed by atoms with Gasteiger partial charge < -0.3 is 19.4 Å². The van der Waals surface area contributed by atoms with Crippen LogP contribution >= 0.6 is 0 Å². The number of nitrogens with one attached hydrogen (secondary N) is 1. The number of carbonyl (C=O) groups is 1. The zero-order valence-electron chi connectivity index (χ0n) is 11.5. The molecule has 20 heavy (non-hydrogen) atoms. The molecule has 0 saturated carbocycles. The molecule has 2 rings (SSSR count). The van der Waals surface area contributed by atoms with Crippen LogP contribution in [0.5, 0.6) is 6.01 Å². The van der Waals surface area contributed by atoms with Gasteiger partial charge in [0.05, 0.1) is 25.5 Å². The Morgan fingerprint density at radius 1 is 1.40 bits per heavy atom. The summed E-state index contributed by atoms with van der Waals surface area (Å²) in [5, 5.41) is 2.69. The molecule has 8 nitrogen and oxygen atoms in total. The predicted octanol–water partition coefficient (Wildman–Crippen LogP) is 0.469. The number of methoxy groups -OCH3 is 1. The third kappa shape index (κ3) is 3.22. The van der Waals surface area contributed by atoms with Gasteiger partial charge in [-0.1, -0.05) is 0 Å². The van der Waals surface area contributed by atoms with Crippen LogP contribution in [0.3, 0.4) is 0 Å². The van der Waals surface area contributed by atoms with Crippen LogP contribution in [0, 0.1) is 0 Å². The molecule has 0 atom stereocenters. The van der Waals surface area contributed by atoms with Crippen LogP contribution < -0.4 is 15.0 Å². The van der Waals surface area contributed by atoms with Crippen LogP contribution in [0.1, 0.15) is 16.2 Å². The quantitative estimate of drug-likeness (QED) is 0.849. The number of rotatable bonds is 5. The number of anilines is 1. The average Bonchev–Trinajstić information content (AvgIpc) is 2.98. The van der Waals surface area contributed by atoms with E-state index < -0.39 is 0 Å². The number of ether oxygens (including phenoxy) is 1. The Morgan fingerprint density at radius 3 is 2.80 bits per heavy atom. The fourth-order valence-electron chi connectivity index (χ4n) is 1.41. The van der Waals surface area contributed by atoms with E-state index in [4.69, 9.17) is 9.15 Å². The molecule has 1 N–H and O–H groups in total. The van der Waals surface area contributed by atoms with Crippen LogP contribution in [0.15, 0.2) is 23.0 Å². The SMILES string of the molecule is COc1nc(CNC(=O)c2ccoc2)nc(N(C)C)n1. The minimum atomic E-state index is -0.260. The van der Waals surface area contributed by atoms with E-state index in [0.717, 1.165) is 0 Å². The molecule has 0 aliphatic carbocycles. The maximum Gasteiger partial charge on any atom is 0.321 e. The molecule has 0 saturated heterocycles. The van der Waals surface area contributed by atoms with Crippen molar-refractivity contribution in [2.45, 2.75) is 6.54 Å². The van der Waals surface area contributed by atoms with Crippen LogP contribution in [0.4, 0.5) is 5.95 Å². The fourth-order valence-corrected chi connectivity index (χ4v) is 1.41. The van der Waals surface area contributed by atoms with E-state index in [0.29, 0.717) is 17.3 Å². The number of nitrogens with zero attached hydrogens (tertiary/aromatic N) is 4. The first-order valence-electron chi connectivity index (χ1n) is 5.87. The van der Waals surface area contributed by atoms with Crippen LogP contribution in [0.25, 0.3) is 0 Å². The number of hydrogen-bond donors (Lipinski definition) is 1. The molecule has 0 fully saturated rings. The van der Waals surface area contributed by atoms with Gasteiger partial charge in [-0.15, -0.1) is 0 Å². The lowest BCUT2D eigenvalue weighted by Crippen LogP contribution is -2.24. The van der Waals surface area contributed by atoms with E-state index in [1.807, 2.05) is 14.1 Å². The van der Waals surface area contributed by atoms with Crippen molar-refractivity contribution in [1.29, 1.82) is 0 Å². The molecule has 0 aliphatic heterocycles. The number of carbonyl (C=O) groups excluding carboxylic acids is 1. The molecule has 2 aromatic rings. The number of hydrogen-bond acceptors (Lipinski definition) is 7. The summed E-state index contributed by atoms with van der Waals surface area (Å²) in [6, 6.07) is 1.78. The maximum absolute atomic E-state index is 11.8. The molecular weight excluding hydrogens is 262 g/mol. The smallest absolute Gasteiger partial charge is 0.321 e. The summed E-state index contributed by atoms with van der Waals surface area (Å²) >= 11 is 0. The summed E-state index contributed by atoms with van der Waals surface area (Å²) in [7, 11) is 5.09. The lowest BCUT2D eigenvalue weighted by atomic mass is 10.3. The van der Waals surface area contributed by atoms with E-state index in [-0.39, 0.29) is 18.5 Å². The first kappa shape index (κ1) is 13.8. The Hall–Kier alpha value is -2.64. The molecule has 2 aromatic heterocycles. The first-order chi connectivity index (χ1) is 9.60. The minimum absolute atomic E-state index is 0.170. The lowest BCUT2D eigenvalue weighted by Gasteiger charge is -2.12. The van der Waals surface area contributed by atoms with Crippen molar-refractivity contribution in [3.05, 3.63) is 30.0 Å². The molecule has 2 heterocycles. The molecule has 0 unspecified atom stereocenters. The van der Waals surface area contributed by atoms with Gasteiger partial charge in [0.1, 0.15) is 6.26 Å². The van der Waals surface area contributed by atoms with E-state index in [1.54, 1.807) is 11.0 Å². The molecule has 0 radical (unpaired) electrons. The van der Waals surface area contributed by atoms with Crippen molar-refractivity contribution in [1.82, 2.24) is 20.3 Å². The van der Waals surface area contributed by atoms with Crippen molar-refractivity contribution in [2.75, 3.05) is 26.1 Å². The Kier molecular flexibility index (Phi) is 4.14. The van der Waals surface area contributed by atoms with Crippen molar-refractivity contribution in [3.8, 4) is 6.01 Å². The maximum atomic E-state index is 11.8. The molecule has 0 bridgehead atoms. The molecule has 8 heteroatoms. The normalized spacial score (nSPS) is 10.2. The molecular formula is C12H15N5O3. The van der Waals surface area contributed by atoms with Gasteiger partial charge in [-0.2, -0.15) is 15.0 Å². The number of furan rings is 1. The highest BCUT2D eigenvalue weighted by molar-refractivity contribution is 5.93. The second-order valence-electron chi connectivity index (χ2n) is 4.13. The Bertz CT molecular complexity index is 583. The third-order valence-corrected chi connectivity index (χ3v) is 2.42. The highest BCUT2D eigenvalue weighted by atomic mass is 16.5. The highest BCUT2D eigenvalue weighted by Crippen LogP contribution is 2.09. The zero-order chi connectivity index (χ0) is 14.5. The monoisotopic (exact) mass is 277 g/mol. The molecule has 0 aliphatic rings. The number of amides is 1. The van der Waals surface area contributed by atoms with Crippen molar-refractivity contribution >= 4 is 11.9 Å². The second kappa shape index (κ2) is 6.00. The minimum Gasteiger partial charge on any atom is -0.472 e. The van der Waals surface area contributed by atoms with Crippen molar-refractivity contribution < 1.29 is 13.9 Å². The van der Waals surface area contributed by atoms with E-state index in [1.165, 1.54) is 19.6 Å². The highest BCUT2D eigenvalue weighted by Gasteiger charge is 2.11. The largest absolute Gasteiger partial charge is 0.472 e. The van der Waals surface area contributed by atoms with Crippen LogP contribution in [-0.2, 0) is 6.54 Å². The zero-order valence-corrected chi connectivity index (χ0v) is 11.5. The van der Waals surface area contributed by atoms with Gasteiger partial charge in [-0.3, -0.25) is 4.79 Å². The standard InChI is InChI=1S/C12H15N5O3/c1-17(2)11-14-9(15-12(16-11)19-3)6-13-10(18)8-4-5-20-7-8/h4-5,7H,6H2,1-3H3,(H,13,18). The van der Waals surface area contributed by atoms with E-state index >= 15 is 0 Å². The second-order valence-corrected chi connectivity index (χ2v) is 4.13. The topological polar surface area (TPSA) is 93.4 Å². The van der Waals surface area contributed by atoms with Gasteiger partial charge >= 0.3 is 6.01 Å². The summed E-state index contributed by atoms with van der Waals surface area (Å²) in [6.45, 7) is 0.170. The van der Waals surface area contributed by atoms with Crippen molar-refractivity contribution in [3.63, 3.8) is 0 Å². The average molecular weight is 277 g/mol. The van der Waals surface area contributed by atoms with Gasteiger partial charge in [0.15, 0.2) is 5.82 Å². The Balaban J connectivity index is 2.09. The van der Waals surface area contributed by atoms with Crippen LogP contribution in [-0.4, -0.2) is 42.1 Å².